The maximum Gasteiger partial charge on any atom is 0.237 e. The van der Waals surface area contributed by atoms with Gasteiger partial charge in [0.1, 0.15) is 6.42 Å². The van der Waals surface area contributed by atoms with Crippen LogP contribution in [0.1, 0.15) is 57.1 Å². The summed E-state index contributed by atoms with van der Waals surface area (Å²) < 4.78 is 0. The summed E-state index contributed by atoms with van der Waals surface area (Å²) in [6, 6.07) is 3.91. The zero-order valence-corrected chi connectivity index (χ0v) is 16.8. The number of carbonyl (C=O) groups is 2. The van der Waals surface area contributed by atoms with Crippen LogP contribution in [0, 0.1) is 0 Å². The lowest BCUT2D eigenvalue weighted by Crippen LogP contribution is -2.50. The quantitative estimate of drug-likeness (QED) is 0.604. The number of pyridine rings is 1. The van der Waals surface area contributed by atoms with Crippen LogP contribution >= 0.6 is 0 Å². The van der Waals surface area contributed by atoms with Crippen molar-refractivity contribution in [2.75, 3.05) is 23.3 Å². The van der Waals surface area contributed by atoms with Gasteiger partial charge >= 0.3 is 0 Å². The van der Waals surface area contributed by atoms with E-state index in [4.69, 9.17) is 0 Å². The van der Waals surface area contributed by atoms with E-state index in [-0.39, 0.29) is 30.9 Å². The number of allylic oxidation sites excluding steroid dienone is 1. The molecule has 1 aromatic rings. The number of carbonyl (C=O) groups excluding carboxylic acids is 2. The molecule has 156 valence electrons. The summed E-state index contributed by atoms with van der Waals surface area (Å²) in [5, 5.41) is 12.3. The van der Waals surface area contributed by atoms with Gasteiger partial charge in [0.2, 0.25) is 11.8 Å². The number of hydrogen-bond donors (Lipinski definition) is 2. The monoisotopic (exact) mass is 398 g/mol. The summed E-state index contributed by atoms with van der Waals surface area (Å²) in [6.07, 6.45) is 12.5. The molecule has 3 aliphatic rings. The van der Waals surface area contributed by atoms with E-state index in [0.29, 0.717) is 23.2 Å². The van der Waals surface area contributed by atoms with Crippen molar-refractivity contribution in [1.82, 2.24) is 9.88 Å². The number of amides is 2. The van der Waals surface area contributed by atoms with Gasteiger partial charge in [0.05, 0.1) is 18.0 Å². The Labute approximate surface area is 171 Å². The van der Waals surface area contributed by atoms with Crippen molar-refractivity contribution in [3.63, 3.8) is 0 Å². The van der Waals surface area contributed by atoms with Gasteiger partial charge in [0.25, 0.3) is 0 Å². The first-order chi connectivity index (χ1) is 14.2. The Balaban J connectivity index is 1.52. The molecule has 1 fully saturated rings. The number of rotatable bonds is 3. The zero-order valence-electron chi connectivity index (χ0n) is 16.8. The van der Waals surface area contributed by atoms with Crippen LogP contribution < -0.4 is 10.2 Å². The average molecular weight is 399 g/mol. The Morgan fingerprint density at radius 2 is 1.93 bits per heavy atom. The fourth-order valence-electron chi connectivity index (χ4n) is 4.69. The standard InChI is InChI=1S/C22H30N4O3/c27-15-16-8-9-19-22(23-16)26(21(29)14-20(28)24-19)18-10-12-25(13-11-18)17-6-4-2-1-3-5-7-17/h4,6,8-9,17-18,27H,1-3,5,7,10-15H2,(H,24,28)/b6-4-. The maximum atomic E-state index is 12.9. The van der Waals surface area contributed by atoms with Gasteiger partial charge in [0, 0.05) is 25.2 Å². The van der Waals surface area contributed by atoms with Crippen LogP contribution in [0.15, 0.2) is 24.3 Å². The minimum absolute atomic E-state index is 0.0178. The third-order valence-electron chi connectivity index (χ3n) is 6.24. The fraction of sp³-hybridized carbons (Fsp3) is 0.591. The number of piperidine rings is 1. The van der Waals surface area contributed by atoms with E-state index in [1.807, 2.05) is 0 Å². The molecule has 0 spiro atoms. The van der Waals surface area contributed by atoms with Gasteiger partial charge < -0.3 is 10.4 Å². The Hall–Kier alpha value is -2.25. The van der Waals surface area contributed by atoms with Gasteiger partial charge in [-0.05, 0) is 44.2 Å². The van der Waals surface area contributed by atoms with Crippen LogP contribution in [0.2, 0.25) is 0 Å². The molecule has 1 saturated heterocycles. The minimum atomic E-state index is -0.311. The van der Waals surface area contributed by atoms with Gasteiger partial charge in [-0.3, -0.25) is 19.4 Å². The molecular formula is C22H30N4O3. The number of likely N-dealkylation sites (tertiary alicyclic amines) is 1. The molecule has 0 saturated carbocycles. The van der Waals surface area contributed by atoms with Crippen molar-refractivity contribution in [2.45, 2.75) is 70.1 Å². The molecule has 7 nitrogen and oxygen atoms in total. The highest BCUT2D eigenvalue weighted by molar-refractivity contribution is 6.13. The highest BCUT2D eigenvalue weighted by Gasteiger charge is 2.35. The first kappa shape index (κ1) is 20.0. The van der Waals surface area contributed by atoms with E-state index in [9.17, 15) is 14.7 Å². The average Bonchev–Trinajstić information content (AvgIpc) is 2.82. The third-order valence-corrected chi connectivity index (χ3v) is 6.24. The molecule has 1 aromatic heterocycles. The fourth-order valence-corrected chi connectivity index (χ4v) is 4.69. The number of nitrogens with zero attached hydrogens (tertiary/aromatic N) is 3. The molecule has 7 heteroatoms. The van der Waals surface area contributed by atoms with Crippen LogP contribution in [-0.4, -0.2) is 52.0 Å². The smallest absolute Gasteiger partial charge is 0.237 e. The Bertz CT molecular complexity index is 786. The van der Waals surface area contributed by atoms with E-state index in [1.54, 1.807) is 17.0 Å². The summed E-state index contributed by atoms with van der Waals surface area (Å²) in [4.78, 5) is 33.7. The maximum absolute atomic E-state index is 12.9. The number of aliphatic hydroxyl groups is 1. The van der Waals surface area contributed by atoms with Crippen molar-refractivity contribution in [3.05, 3.63) is 30.0 Å². The number of nitrogens with one attached hydrogen (secondary N) is 1. The summed E-state index contributed by atoms with van der Waals surface area (Å²) in [6.45, 7) is 1.66. The lowest BCUT2D eigenvalue weighted by atomic mass is 9.96. The normalized spacial score (nSPS) is 25.6. The number of aromatic nitrogens is 1. The predicted octanol–water partition coefficient (Wildman–Crippen LogP) is 2.60. The van der Waals surface area contributed by atoms with Crippen molar-refractivity contribution in [2.24, 2.45) is 0 Å². The molecule has 1 atom stereocenters. The van der Waals surface area contributed by atoms with Gasteiger partial charge in [-0.15, -0.1) is 0 Å². The first-order valence-electron chi connectivity index (χ1n) is 10.8. The van der Waals surface area contributed by atoms with Crippen molar-refractivity contribution >= 4 is 23.3 Å². The number of fused-ring (bicyclic) bond motifs is 1. The van der Waals surface area contributed by atoms with Gasteiger partial charge in [0.15, 0.2) is 5.82 Å². The third kappa shape index (κ3) is 4.51. The zero-order chi connectivity index (χ0) is 20.2. The second-order valence-electron chi connectivity index (χ2n) is 8.22. The van der Waals surface area contributed by atoms with Crippen LogP contribution in [0.25, 0.3) is 0 Å². The molecule has 4 rings (SSSR count). The summed E-state index contributed by atoms with van der Waals surface area (Å²) >= 11 is 0. The SMILES string of the molecule is O=C1CC(=O)N(C2CCN(C3/C=C\CCCCC3)CC2)c2nc(CO)ccc2N1. The lowest BCUT2D eigenvalue weighted by molar-refractivity contribution is -0.125. The van der Waals surface area contributed by atoms with Gasteiger partial charge in [-0.1, -0.05) is 25.0 Å². The number of aliphatic hydroxyl groups excluding tert-OH is 1. The van der Waals surface area contributed by atoms with Crippen molar-refractivity contribution < 1.29 is 14.7 Å². The van der Waals surface area contributed by atoms with E-state index < -0.39 is 0 Å². The van der Waals surface area contributed by atoms with E-state index in [1.165, 1.54) is 32.1 Å². The molecule has 0 bridgehead atoms. The lowest BCUT2D eigenvalue weighted by Gasteiger charge is -2.40. The topological polar surface area (TPSA) is 85.8 Å². The van der Waals surface area contributed by atoms with Gasteiger partial charge in [-0.25, -0.2) is 4.98 Å². The van der Waals surface area contributed by atoms with Crippen LogP contribution in [0.5, 0.6) is 0 Å². The molecule has 2 amide bonds. The van der Waals surface area contributed by atoms with E-state index in [2.05, 4.69) is 27.4 Å². The van der Waals surface area contributed by atoms with Gasteiger partial charge in [-0.2, -0.15) is 0 Å². The summed E-state index contributed by atoms with van der Waals surface area (Å²) in [5.41, 5.74) is 1.04. The highest BCUT2D eigenvalue weighted by atomic mass is 16.3. The van der Waals surface area contributed by atoms with Crippen LogP contribution in [0.3, 0.4) is 0 Å². The first-order valence-corrected chi connectivity index (χ1v) is 10.8. The van der Waals surface area contributed by atoms with Crippen LogP contribution in [0.4, 0.5) is 11.5 Å². The second-order valence-corrected chi connectivity index (χ2v) is 8.22. The summed E-state index contributed by atoms with van der Waals surface area (Å²) in [7, 11) is 0. The molecule has 2 aliphatic heterocycles. The Kier molecular flexibility index (Phi) is 6.25. The number of anilines is 2. The molecule has 0 aromatic carbocycles. The molecular weight excluding hydrogens is 368 g/mol. The summed E-state index contributed by atoms with van der Waals surface area (Å²) in [5.74, 6) is -0.0563. The van der Waals surface area contributed by atoms with Crippen LogP contribution in [-0.2, 0) is 16.2 Å². The highest BCUT2D eigenvalue weighted by Crippen LogP contribution is 2.33. The number of hydrogen-bond acceptors (Lipinski definition) is 5. The molecule has 3 heterocycles. The predicted molar refractivity (Wildman–Crippen MR) is 112 cm³/mol. The van der Waals surface area contributed by atoms with E-state index >= 15 is 0 Å². The molecule has 2 N–H and O–H groups in total. The minimum Gasteiger partial charge on any atom is -0.390 e. The van der Waals surface area contributed by atoms with Crippen molar-refractivity contribution in [1.29, 1.82) is 0 Å². The largest absolute Gasteiger partial charge is 0.390 e. The molecule has 1 unspecified atom stereocenters. The second kappa shape index (κ2) is 9.05. The molecule has 1 aliphatic carbocycles. The van der Waals surface area contributed by atoms with Crippen molar-refractivity contribution in [3.8, 4) is 0 Å². The van der Waals surface area contributed by atoms with E-state index in [0.717, 1.165) is 25.9 Å². The molecule has 29 heavy (non-hydrogen) atoms. The molecule has 0 radical (unpaired) electrons. The Morgan fingerprint density at radius 3 is 2.72 bits per heavy atom. The Morgan fingerprint density at radius 1 is 1.10 bits per heavy atom.